The Hall–Kier alpha value is -2.50. The molecule has 0 N–H and O–H groups in total. The second-order valence-electron chi connectivity index (χ2n) is 6.63. The van der Waals surface area contributed by atoms with Gasteiger partial charge in [-0.15, -0.1) is 0 Å². The predicted molar refractivity (Wildman–Crippen MR) is 97.5 cm³/mol. The van der Waals surface area contributed by atoms with E-state index in [1.165, 1.54) is 12.7 Å². The van der Waals surface area contributed by atoms with Crippen LogP contribution in [0.3, 0.4) is 0 Å². The molecule has 1 saturated heterocycles. The Bertz CT molecular complexity index is 756. The Labute approximate surface area is 154 Å². The topological polar surface area (TPSA) is 64.8 Å². The van der Waals surface area contributed by atoms with Gasteiger partial charge in [0.05, 0.1) is 7.11 Å². The minimum atomic E-state index is -0.0560. The zero-order chi connectivity index (χ0) is 18.5. The molecule has 2 heterocycles. The van der Waals surface area contributed by atoms with Crippen LogP contribution in [0, 0.1) is 6.92 Å². The summed E-state index contributed by atoms with van der Waals surface area (Å²) < 4.78 is 16.5. The highest BCUT2D eigenvalue weighted by atomic mass is 16.5. The summed E-state index contributed by atoms with van der Waals surface area (Å²) >= 11 is 0. The highest BCUT2D eigenvalue weighted by Crippen LogP contribution is 2.28. The molecule has 140 valence electrons. The van der Waals surface area contributed by atoms with Crippen LogP contribution in [0.2, 0.25) is 0 Å². The molecule has 1 fully saturated rings. The summed E-state index contributed by atoms with van der Waals surface area (Å²) in [5.74, 6) is 1.60. The Morgan fingerprint density at radius 3 is 2.96 bits per heavy atom. The van der Waals surface area contributed by atoms with E-state index in [-0.39, 0.29) is 12.5 Å². The third-order valence-corrected chi connectivity index (χ3v) is 4.80. The molecule has 1 aromatic heterocycles. The first-order valence-electron chi connectivity index (χ1n) is 9.15. The molecule has 0 saturated carbocycles. The lowest BCUT2D eigenvalue weighted by Crippen LogP contribution is -2.43. The minimum absolute atomic E-state index is 0.0560. The van der Waals surface area contributed by atoms with Gasteiger partial charge in [-0.2, -0.15) is 0 Å². The van der Waals surface area contributed by atoms with Gasteiger partial charge >= 0.3 is 0 Å². The van der Waals surface area contributed by atoms with Gasteiger partial charge in [0, 0.05) is 12.6 Å². The Balaban J connectivity index is 1.65. The van der Waals surface area contributed by atoms with E-state index in [4.69, 9.17) is 13.9 Å². The summed E-state index contributed by atoms with van der Waals surface area (Å²) in [5.41, 5.74) is 1.44. The number of aromatic nitrogens is 1. The lowest BCUT2D eigenvalue weighted by Gasteiger charge is -2.34. The molecule has 1 aromatic carbocycles. The number of carbonyl (C=O) groups is 1. The molecule has 0 bridgehead atoms. The summed E-state index contributed by atoms with van der Waals surface area (Å²) in [6.07, 6.45) is 5.67. The maximum atomic E-state index is 12.7. The molecular weight excluding hydrogens is 332 g/mol. The highest BCUT2D eigenvalue weighted by Gasteiger charge is 2.28. The molecule has 6 heteroatoms. The van der Waals surface area contributed by atoms with Gasteiger partial charge in [-0.25, -0.2) is 4.98 Å². The molecule has 1 amide bonds. The van der Waals surface area contributed by atoms with Gasteiger partial charge in [0.1, 0.15) is 6.26 Å². The molecule has 0 radical (unpaired) electrons. The van der Waals surface area contributed by atoms with E-state index >= 15 is 0 Å². The van der Waals surface area contributed by atoms with Crippen molar-refractivity contribution < 1.29 is 18.7 Å². The third-order valence-electron chi connectivity index (χ3n) is 4.80. The first kappa shape index (κ1) is 18.3. The molecule has 1 atom stereocenters. The SMILES string of the molecule is CCC1CCCCN1C(=O)c1coc(COc2ccc(C)cc2OC)n1. The van der Waals surface area contributed by atoms with Crippen molar-refractivity contribution in [2.45, 2.75) is 52.2 Å². The van der Waals surface area contributed by atoms with Crippen LogP contribution in [-0.4, -0.2) is 35.5 Å². The van der Waals surface area contributed by atoms with Gasteiger partial charge < -0.3 is 18.8 Å². The van der Waals surface area contributed by atoms with Gasteiger partial charge in [-0.05, 0) is 50.3 Å². The van der Waals surface area contributed by atoms with Crippen molar-refractivity contribution in [2.24, 2.45) is 0 Å². The summed E-state index contributed by atoms with van der Waals surface area (Å²) in [6, 6.07) is 6.00. The van der Waals surface area contributed by atoms with Crippen LogP contribution in [0.1, 0.15) is 54.5 Å². The number of carbonyl (C=O) groups excluding carboxylic acids is 1. The van der Waals surface area contributed by atoms with Crippen molar-refractivity contribution >= 4 is 5.91 Å². The summed E-state index contributed by atoms with van der Waals surface area (Å²) in [7, 11) is 1.60. The number of amides is 1. The largest absolute Gasteiger partial charge is 0.493 e. The van der Waals surface area contributed by atoms with E-state index in [0.29, 0.717) is 29.1 Å². The molecule has 6 nitrogen and oxygen atoms in total. The van der Waals surface area contributed by atoms with E-state index in [1.807, 2.05) is 30.0 Å². The van der Waals surface area contributed by atoms with Gasteiger partial charge in [0.15, 0.2) is 23.8 Å². The fourth-order valence-electron chi connectivity index (χ4n) is 3.35. The Kier molecular flexibility index (Phi) is 5.81. The van der Waals surface area contributed by atoms with E-state index in [9.17, 15) is 4.79 Å². The first-order chi connectivity index (χ1) is 12.6. The van der Waals surface area contributed by atoms with Crippen molar-refractivity contribution in [3.8, 4) is 11.5 Å². The molecule has 2 aromatic rings. The lowest BCUT2D eigenvalue weighted by molar-refractivity contribution is 0.0602. The monoisotopic (exact) mass is 358 g/mol. The minimum Gasteiger partial charge on any atom is -0.493 e. The molecule has 3 rings (SSSR count). The van der Waals surface area contributed by atoms with Crippen molar-refractivity contribution in [3.63, 3.8) is 0 Å². The second-order valence-corrected chi connectivity index (χ2v) is 6.63. The number of likely N-dealkylation sites (tertiary alicyclic amines) is 1. The summed E-state index contributed by atoms with van der Waals surface area (Å²) in [6.45, 7) is 5.04. The Morgan fingerprint density at radius 1 is 1.35 bits per heavy atom. The summed E-state index contributed by atoms with van der Waals surface area (Å²) in [4.78, 5) is 19.0. The smallest absolute Gasteiger partial charge is 0.276 e. The maximum Gasteiger partial charge on any atom is 0.276 e. The molecule has 1 aliphatic heterocycles. The van der Waals surface area contributed by atoms with E-state index in [0.717, 1.165) is 31.4 Å². The molecule has 26 heavy (non-hydrogen) atoms. The number of rotatable bonds is 6. The fourth-order valence-corrected chi connectivity index (χ4v) is 3.35. The van der Waals surface area contributed by atoms with Crippen LogP contribution in [-0.2, 0) is 6.61 Å². The van der Waals surface area contributed by atoms with Crippen molar-refractivity contribution in [3.05, 3.63) is 41.6 Å². The third kappa shape index (κ3) is 4.00. The molecule has 0 spiro atoms. The number of piperidine rings is 1. The lowest BCUT2D eigenvalue weighted by atomic mass is 10.00. The van der Waals surface area contributed by atoms with E-state index < -0.39 is 0 Å². The normalized spacial score (nSPS) is 17.2. The predicted octanol–water partition coefficient (Wildman–Crippen LogP) is 3.98. The van der Waals surface area contributed by atoms with Gasteiger partial charge in [0.25, 0.3) is 5.91 Å². The van der Waals surface area contributed by atoms with Crippen LogP contribution in [0.4, 0.5) is 0 Å². The van der Waals surface area contributed by atoms with Crippen molar-refractivity contribution in [1.29, 1.82) is 0 Å². The van der Waals surface area contributed by atoms with Gasteiger partial charge in [-0.1, -0.05) is 13.0 Å². The number of oxazole rings is 1. The zero-order valence-electron chi connectivity index (χ0n) is 15.7. The van der Waals surface area contributed by atoms with E-state index in [2.05, 4.69) is 11.9 Å². The quantitative estimate of drug-likeness (QED) is 0.781. The first-order valence-corrected chi connectivity index (χ1v) is 9.15. The highest BCUT2D eigenvalue weighted by molar-refractivity contribution is 5.92. The van der Waals surface area contributed by atoms with Crippen LogP contribution in [0.25, 0.3) is 0 Å². The summed E-state index contributed by atoms with van der Waals surface area (Å²) in [5, 5.41) is 0. The number of hydrogen-bond donors (Lipinski definition) is 0. The van der Waals surface area contributed by atoms with E-state index in [1.54, 1.807) is 7.11 Å². The fraction of sp³-hybridized carbons (Fsp3) is 0.500. The number of benzene rings is 1. The molecular formula is C20H26N2O4. The number of aryl methyl sites for hydroxylation is 1. The second kappa shape index (κ2) is 8.25. The molecule has 1 unspecified atom stereocenters. The average molecular weight is 358 g/mol. The molecule has 1 aliphatic rings. The zero-order valence-corrected chi connectivity index (χ0v) is 15.7. The van der Waals surface area contributed by atoms with Gasteiger partial charge in [-0.3, -0.25) is 4.79 Å². The average Bonchev–Trinajstić information content (AvgIpc) is 3.15. The number of hydrogen-bond acceptors (Lipinski definition) is 5. The maximum absolute atomic E-state index is 12.7. The van der Waals surface area contributed by atoms with Crippen LogP contribution < -0.4 is 9.47 Å². The van der Waals surface area contributed by atoms with Crippen LogP contribution in [0.15, 0.2) is 28.9 Å². The Morgan fingerprint density at radius 2 is 2.19 bits per heavy atom. The standard InChI is InChI=1S/C20H26N2O4/c1-4-15-7-5-6-10-22(15)20(23)16-12-26-19(21-16)13-25-17-9-8-14(2)11-18(17)24-3/h8-9,11-12,15H,4-7,10,13H2,1-3H3. The van der Waals surface area contributed by atoms with Crippen molar-refractivity contribution in [2.75, 3.05) is 13.7 Å². The van der Waals surface area contributed by atoms with Crippen LogP contribution >= 0.6 is 0 Å². The number of ether oxygens (including phenoxy) is 2. The number of methoxy groups -OCH3 is 1. The molecule has 0 aliphatic carbocycles. The van der Waals surface area contributed by atoms with Crippen molar-refractivity contribution in [1.82, 2.24) is 9.88 Å². The van der Waals surface area contributed by atoms with Crippen LogP contribution in [0.5, 0.6) is 11.5 Å². The number of nitrogens with zero attached hydrogens (tertiary/aromatic N) is 2. The van der Waals surface area contributed by atoms with Gasteiger partial charge in [0.2, 0.25) is 5.89 Å².